The lowest BCUT2D eigenvalue weighted by Gasteiger charge is -2.19. The molecule has 106 valence electrons. The molecule has 2 aromatic rings. The average Bonchev–Trinajstić information content (AvgIpc) is 2.33. The van der Waals surface area contributed by atoms with Crippen molar-refractivity contribution in [2.75, 3.05) is 5.32 Å². The molecule has 1 nitrogen and oxygen atoms in total. The standard InChI is InChI=1S/C14H10Br4FN/c1-7(10-3-2-8(15)6-13(10)19)20-14-11(17)4-9(16)5-12(14)18/h2-7,20H,1H3. The molecule has 0 aliphatic heterocycles. The SMILES string of the molecule is CC(Nc1c(Br)cc(Br)cc1Br)c1ccc(Br)cc1F. The zero-order valence-electron chi connectivity index (χ0n) is 10.4. The fourth-order valence-electron chi connectivity index (χ4n) is 1.83. The minimum atomic E-state index is -0.233. The highest BCUT2D eigenvalue weighted by Gasteiger charge is 2.14. The number of anilines is 1. The van der Waals surface area contributed by atoms with Crippen LogP contribution in [0, 0.1) is 5.82 Å². The molecule has 2 aromatic carbocycles. The van der Waals surface area contributed by atoms with E-state index in [2.05, 4.69) is 69.0 Å². The van der Waals surface area contributed by atoms with Crippen LogP contribution >= 0.6 is 63.7 Å². The lowest BCUT2D eigenvalue weighted by atomic mass is 10.1. The summed E-state index contributed by atoms with van der Waals surface area (Å²) in [6.07, 6.45) is 0. The Morgan fingerprint density at radius 2 is 1.55 bits per heavy atom. The van der Waals surface area contributed by atoms with Crippen molar-refractivity contribution in [1.82, 2.24) is 0 Å². The molecule has 0 aromatic heterocycles. The summed E-state index contributed by atoms with van der Waals surface area (Å²) < 4.78 is 17.5. The highest BCUT2D eigenvalue weighted by atomic mass is 79.9. The monoisotopic (exact) mass is 527 g/mol. The van der Waals surface area contributed by atoms with Crippen LogP contribution in [0.2, 0.25) is 0 Å². The van der Waals surface area contributed by atoms with Crippen LogP contribution in [0.25, 0.3) is 0 Å². The van der Waals surface area contributed by atoms with Crippen LogP contribution in [0.5, 0.6) is 0 Å². The van der Waals surface area contributed by atoms with Crippen molar-refractivity contribution >= 4 is 69.4 Å². The van der Waals surface area contributed by atoms with Crippen molar-refractivity contribution in [2.45, 2.75) is 13.0 Å². The minimum Gasteiger partial charge on any atom is -0.377 e. The van der Waals surface area contributed by atoms with Gasteiger partial charge in [0.15, 0.2) is 0 Å². The van der Waals surface area contributed by atoms with Gasteiger partial charge >= 0.3 is 0 Å². The van der Waals surface area contributed by atoms with Gasteiger partial charge < -0.3 is 5.32 Å². The second-order valence-electron chi connectivity index (χ2n) is 4.28. The summed E-state index contributed by atoms with van der Waals surface area (Å²) in [6, 6.07) is 8.81. The number of halogens is 5. The first-order valence-corrected chi connectivity index (χ1v) is 8.91. The Kier molecular flexibility index (Phi) is 5.68. The molecule has 1 unspecified atom stereocenters. The lowest BCUT2D eigenvalue weighted by molar-refractivity contribution is 0.599. The van der Waals surface area contributed by atoms with Gasteiger partial charge in [-0.15, -0.1) is 0 Å². The van der Waals surface area contributed by atoms with Crippen molar-refractivity contribution in [3.8, 4) is 0 Å². The fourth-order valence-corrected chi connectivity index (χ4v) is 4.65. The summed E-state index contributed by atoms with van der Waals surface area (Å²) in [7, 11) is 0. The Bertz CT molecular complexity index is 622. The Balaban J connectivity index is 2.30. The van der Waals surface area contributed by atoms with Gasteiger partial charge in [-0.3, -0.25) is 0 Å². The van der Waals surface area contributed by atoms with E-state index in [1.54, 1.807) is 6.07 Å². The normalized spacial score (nSPS) is 12.3. The van der Waals surface area contributed by atoms with E-state index >= 15 is 0 Å². The van der Waals surface area contributed by atoms with E-state index < -0.39 is 0 Å². The number of nitrogens with one attached hydrogen (secondary N) is 1. The lowest BCUT2D eigenvalue weighted by Crippen LogP contribution is -2.09. The second-order valence-corrected chi connectivity index (χ2v) is 7.82. The molecular formula is C14H10Br4FN. The van der Waals surface area contributed by atoms with Crippen LogP contribution in [-0.4, -0.2) is 0 Å². The van der Waals surface area contributed by atoms with Crippen LogP contribution in [0.3, 0.4) is 0 Å². The molecule has 1 atom stereocenters. The minimum absolute atomic E-state index is 0.156. The van der Waals surface area contributed by atoms with Crippen molar-refractivity contribution in [3.05, 3.63) is 59.6 Å². The Morgan fingerprint density at radius 1 is 0.950 bits per heavy atom. The van der Waals surface area contributed by atoms with Crippen molar-refractivity contribution in [1.29, 1.82) is 0 Å². The van der Waals surface area contributed by atoms with Gasteiger partial charge in [-0.05, 0) is 63.0 Å². The molecule has 0 saturated carbocycles. The molecule has 2 rings (SSSR count). The van der Waals surface area contributed by atoms with Gasteiger partial charge in [0.1, 0.15) is 5.82 Å². The van der Waals surface area contributed by atoms with E-state index in [0.717, 1.165) is 23.6 Å². The molecule has 0 saturated heterocycles. The van der Waals surface area contributed by atoms with E-state index in [9.17, 15) is 4.39 Å². The maximum Gasteiger partial charge on any atom is 0.129 e. The highest BCUT2D eigenvalue weighted by molar-refractivity contribution is 9.11. The first-order valence-electron chi connectivity index (χ1n) is 5.74. The topological polar surface area (TPSA) is 12.0 Å². The van der Waals surface area contributed by atoms with Crippen molar-refractivity contribution < 1.29 is 4.39 Å². The van der Waals surface area contributed by atoms with E-state index in [1.807, 2.05) is 25.1 Å². The van der Waals surface area contributed by atoms with E-state index in [-0.39, 0.29) is 11.9 Å². The highest BCUT2D eigenvalue weighted by Crippen LogP contribution is 2.36. The van der Waals surface area contributed by atoms with Crippen LogP contribution < -0.4 is 5.32 Å². The first-order chi connectivity index (χ1) is 9.38. The van der Waals surface area contributed by atoms with Crippen molar-refractivity contribution in [3.63, 3.8) is 0 Å². The van der Waals surface area contributed by atoms with Crippen LogP contribution in [0.4, 0.5) is 10.1 Å². The molecule has 0 radical (unpaired) electrons. The molecule has 0 bridgehead atoms. The molecular weight excluding hydrogens is 521 g/mol. The molecule has 0 fully saturated rings. The van der Waals surface area contributed by atoms with Crippen LogP contribution in [0.1, 0.15) is 18.5 Å². The van der Waals surface area contributed by atoms with Gasteiger partial charge in [0.2, 0.25) is 0 Å². The van der Waals surface area contributed by atoms with Gasteiger partial charge in [0.05, 0.1) is 11.7 Å². The van der Waals surface area contributed by atoms with E-state index in [4.69, 9.17) is 0 Å². The molecule has 6 heteroatoms. The van der Waals surface area contributed by atoms with Crippen LogP contribution in [-0.2, 0) is 0 Å². The van der Waals surface area contributed by atoms with Gasteiger partial charge in [0.25, 0.3) is 0 Å². The summed E-state index contributed by atoms with van der Waals surface area (Å²) in [6.45, 7) is 1.92. The zero-order valence-corrected chi connectivity index (χ0v) is 16.7. The maximum atomic E-state index is 14.0. The van der Waals surface area contributed by atoms with Crippen LogP contribution in [0.15, 0.2) is 48.2 Å². The van der Waals surface area contributed by atoms with Gasteiger partial charge in [0, 0.05) is 23.5 Å². The average molecular weight is 531 g/mol. The Morgan fingerprint density at radius 3 is 2.10 bits per heavy atom. The van der Waals surface area contributed by atoms with Gasteiger partial charge in [-0.2, -0.15) is 0 Å². The molecule has 0 spiro atoms. The second kappa shape index (κ2) is 6.90. The zero-order chi connectivity index (χ0) is 14.9. The van der Waals surface area contributed by atoms with Crippen molar-refractivity contribution in [2.24, 2.45) is 0 Å². The Hall–Kier alpha value is 0.0900. The fraction of sp³-hybridized carbons (Fsp3) is 0.143. The molecule has 1 N–H and O–H groups in total. The number of benzene rings is 2. The van der Waals surface area contributed by atoms with E-state index in [0.29, 0.717) is 5.56 Å². The quantitative estimate of drug-likeness (QED) is 0.448. The van der Waals surface area contributed by atoms with Gasteiger partial charge in [-0.25, -0.2) is 4.39 Å². The number of hydrogen-bond acceptors (Lipinski definition) is 1. The third-order valence-corrected chi connectivity index (χ3v) is 5.00. The maximum absolute atomic E-state index is 14.0. The molecule has 0 aliphatic carbocycles. The third-order valence-electron chi connectivity index (χ3n) is 2.80. The summed E-state index contributed by atoms with van der Waals surface area (Å²) in [4.78, 5) is 0. The van der Waals surface area contributed by atoms with Gasteiger partial charge in [-0.1, -0.05) is 37.9 Å². The Labute approximate surface area is 150 Å². The molecule has 0 aliphatic rings. The predicted octanol–water partition coefficient (Wildman–Crippen LogP) is 7.05. The largest absolute Gasteiger partial charge is 0.377 e. The summed E-state index contributed by atoms with van der Waals surface area (Å²) >= 11 is 13.7. The molecule has 0 amide bonds. The number of hydrogen-bond donors (Lipinski definition) is 1. The summed E-state index contributed by atoms with van der Waals surface area (Å²) in [5.41, 5.74) is 1.51. The predicted molar refractivity (Wildman–Crippen MR) is 95.7 cm³/mol. The van der Waals surface area contributed by atoms with E-state index in [1.165, 1.54) is 6.07 Å². The first kappa shape index (κ1) is 16.5. The summed E-state index contributed by atoms with van der Waals surface area (Å²) in [5, 5.41) is 3.31. The number of rotatable bonds is 3. The summed E-state index contributed by atoms with van der Waals surface area (Å²) in [5.74, 6) is -0.233. The molecule has 0 heterocycles. The molecule has 20 heavy (non-hydrogen) atoms. The third kappa shape index (κ3) is 3.84. The smallest absolute Gasteiger partial charge is 0.129 e.